The van der Waals surface area contributed by atoms with E-state index in [1.165, 1.54) is 10.4 Å². The Kier molecular flexibility index (Phi) is 4.62. The van der Waals surface area contributed by atoms with Gasteiger partial charge in [0.25, 0.3) is 5.91 Å². The molecule has 2 N–H and O–H groups in total. The first-order valence-corrected chi connectivity index (χ1v) is 10.1. The maximum Gasteiger partial charge on any atom is 0.261 e. The predicted octanol–water partition coefficient (Wildman–Crippen LogP) is 2.76. The van der Waals surface area contributed by atoms with E-state index in [0.29, 0.717) is 0 Å². The Hall–Kier alpha value is -1.70. The summed E-state index contributed by atoms with van der Waals surface area (Å²) < 4.78 is 6.26. The summed E-state index contributed by atoms with van der Waals surface area (Å²) in [7, 11) is 2.15. The van der Waals surface area contributed by atoms with E-state index in [1.807, 2.05) is 13.8 Å². The highest BCUT2D eigenvalue weighted by Crippen LogP contribution is 2.44. The molecule has 140 valence electrons. The maximum absolute atomic E-state index is 12.8. The van der Waals surface area contributed by atoms with Crippen molar-refractivity contribution in [3.63, 3.8) is 0 Å². The average Bonchev–Trinajstić information content (AvgIpc) is 3.25. The van der Waals surface area contributed by atoms with Gasteiger partial charge >= 0.3 is 0 Å². The number of thiophene rings is 1. The van der Waals surface area contributed by atoms with Crippen LogP contribution in [0.4, 0.5) is 0 Å². The molecule has 0 aliphatic carbocycles. The number of ether oxygens (including phenoxy) is 1. The Labute approximate surface area is 158 Å². The first kappa shape index (κ1) is 17.7. The quantitative estimate of drug-likeness (QED) is 0.867. The number of rotatable bonds is 3. The molecule has 1 saturated heterocycles. The van der Waals surface area contributed by atoms with Gasteiger partial charge in [-0.05, 0) is 45.4 Å². The summed E-state index contributed by atoms with van der Waals surface area (Å²) in [6.45, 7) is 6.72. The predicted molar refractivity (Wildman–Crippen MR) is 102 cm³/mol. The highest BCUT2D eigenvalue weighted by molar-refractivity contribution is 7.14. The smallest absolute Gasteiger partial charge is 0.261 e. The number of nitrogens with zero attached hydrogens (tertiary/aromatic N) is 2. The molecule has 7 heteroatoms. The van der Waals surface area contributed by atoms with E-state index < -0.39 is 0 Å². The molecule has 0 saturated carbocycles. The number of carbonyl (C=O) groups is 1. The van der Waals surface area contributed by atoms with E-state index in [0.717, 1.165) is 55.4 Å². The number of aromatic amines is 1. The monoisotopic (exact) mass is 374 g/mol. The minimum atomic E-state index is -0.196. The SMILES string of the molecule is Cc1cnc(C(C)NC(=O)c2cc3c(s2)CCOC32CCN(C)CC2)[nH]1. The van der Waals surface area contributed by atoms with Crippen molar-refractivity contribution >= 4 is 17.2 Å². The molecule has 0 radical (unpaired) electrons. The van der Waals surface area contributed by atoms with Gasteiger partial charge in [0.2, 0.25) is 0 Å². The number of fused-ring (bicyclic) bond motifs is 2. The van der Waals surface area contributed by atoms with Crippen LogP contribution in [0.5, 0.6) is 0 Å². The average molecular weight is 375 g/mol. The Morgan fingerprint density at radius 2 is 2.23 bits per heavy atom. The van der Waals surface area contributed by atoms with Crippen LogP contribution >= 0.6 is 11.3 Å². The second-order valence-electron chi connectivity index (χ2n) is 7.49. The van der Waals surface area contributed by atoms with Crippen LogP contribution in [0.3, 0.4) is 0 Å². The van der Waals surface area contributed by atoms with Crippen molar-refractivity contribution < 1.29 is 9.53 Å². The van der Waals surface area contributed by atoms with Gasteiger partial charge in [0.1, 0.15) is 5.82 Å². The van der Waals surface area contributed by atoms with Gasteiger partial charge in [0.05, 0.1) is 23.1 Å². The zero-order valence-electron chi connectivity index (χ0n) is 15.6. The summed E-state index contributed by atoms with van der Waals surface area (Å²) in [5.74, 6) is 0.751. The standard InChI is InChI=1S/C19H26N4O2S/c1-12-11-20-17(21-12)13(2)22-18(24)16-10-14-15(26-16)4-9-25-19(14)5-7-23(3)8-6-19/h10-11,13H,4-9H2,1-3H3,(H,20,21)(H,22,24). The molecule has 6 nitrogen and oxygen atoms in total. The van der Waals surface area contributed by atoms with E-state index >= 15 is 0 Å². The van der Waals surface area contributed by atoms with Gasteiger partial charge < -0.3 is 19.9 Å². The van der Waals surface area contributed by atoms with Gasteiger partial charge in [-0.1, -0.05) is 0 Å². The van der Waals surface area contributed by atoms with Crippen molar-refractivity contribution in [1.82, 2.24) is 20.2 Å². The molecule has 2 aliphatic rings. The number of amides is 1. The second kappa shape index (κ2) is 6.79. The third-order valence-corrected chi connectivity index (χ3v) is 6.70. The second-order valence-corrected chi connectivity index (χ2v) is 8.63. The van der Waals surface area contributed by atoms with E-state index in [-0.39, 0.29) is 17.6 Å². The molecule has 1 atom stereocenters. The third kappa shape index (κ3) is 3.19. The van der Waals surface area contributed by atoms with Gasteiger partial charge in [-0.25, -0.2) is 4.98 Å². The van der Waals surface area contributed by atoms with E-state index in [2.05, 4.69) is 33.3 Å². The lowest BCUT2D eigenvalue weighted by molar-refractivity contribution is -0.0942. The molecule has 1 fully saturated rings. The maximum atomic E-state index is 12.8. The Morgan fingerprint density at radius 1 is 1.46 bits per heavy atom. The summed E-state index contributed by atoms with van der Waals surface area (Å²) >= 11 is 1.62. The number of imidazole rings is 1. The minimum absolute atomic E-state index is 0.0333. The molecule has 1 amide bonds. The zero-order valence-corrected chi connectivity index (χ0v) is 16.4. The minimum Gasteiger partial charge on any atom is -0.370 e. The Bertz CT molecular complexity index is 804. The zero-order chi connectivity index (χ0) is 18.3. The van der Waals surface area contributed by atoms with E-state index in [9.17, 15) is 4.79 Å². The lowest BCUT2D eigenvalue weighted by atomic mass is 9.82. The van der Waals surface area contributed by atoms with Gasteiger partial charge in [0.15, 0.2) is 0 Å². The topological polar surface area (TPSA) is 70.2 Å². The van der Waals surface area contributed by atoms with Crippen molar-refractivity contribution in [2.75, 3.05) is 26.7 Å². The third-order valence-electron chi connectivity index (χ3n) is 5.51. The summed E-state index contributed by atoms with van der Waals surface area (Å²) in [5.41, 5.74) is 2.04. The molecule has 26 heavy (non-hydrogen) atoms. The number of hydrogen-bond donors (Lipinski definition) is 2. The number of likely N-dealkylation sites (tertiary alicyclic amines) is 1. The number of piperidine rings is 1. The largest absolute Gasteiger partial charge is 0.370 e. The summed E-state index contributed by atoms with van der Waals surface area (Å²) in [6.07, 6.45) is 4.67. The summed E-state index contributed by atoms with van der Waals surface area (Å²) in [4.78, 5) is 24.7. The number of hydrogen-bond acceptors (Lipinski definition) is 5. The van der Waals surface area contributed by atoms with Gasteiger partial charge in [0, 0.05) is 36.3 Å². The number of nitrogens with one attached hydrogen (secondary N) is 2. The molecule has 2 aliphatic heterocycles. The molecule has 1 spiro atoms. The number of carbonyl (C=O) groups excluding carboxylic acids is 1. The number of aryl methyl sites for hydroxylation is 1. The van der Waals surface area contributed by atoms with Crippen LogP contribution in [0.2, 0.25) is 0 Å². The normalized spacial score (nSPS) is 20.7. The van der Waals surface area contributed by atoms with Gasteiger partial charge in [-0.15, -0.1) is 11.3 Å². The summed E-state index contributed by atoms with van der Waals surface area (Å²) in [5, 5.41) is 3.06. The molecule has 4 rings (SSSR count). The fourth-order valence-electron chi connectivity index (χ4n) is 3.91. The molecule has 2 aromatic rings. The fraction of sp³-hybridized carbons (Fsp3) is 0.579. The van der Waals surface area contributed by atoms with Crippen molar-refractivity contribution in [2.45, 2.75) is 44.8 Å². The van der Waals surface area contributed by atoms with Crippen molar-refractivity contribution in [3.8, 4) is 0 Å². The van der Waals surface area contributed by atoms with Crippen LogP contribution in [0.1, 0.15) is 57.4 Å². The molecule has 0 bridgehead atoms. The molecule has 2 aromatic heterocycles. The molecule has 1 unspecified atom stereocenters. The fourth-order valence-corrected chi connectivity index (χ4v) is 5.05. The Balaban J connectivity index is 1.53. The molecule has 4 heterocycles. The number of H-pyrrole nitrogens is 1. The van der Waals surface area contributed by atoms with Crippen LogP contribution in [-0.4, -0.2) is 47.5 Å². The van der Waals surface area contributed by atoms with Crippen LogP contribution in [0.15, 0.2) is 12.3 Å². The lowest BCUT2D eigenvalue weighted by Gasteiger charge is -2.43. The van der Waals surface area contributed by atoms with Crippen molar-refractivity contribution in [2.24, 2.45) is 0 Å². The molecular weight excluding hydrogens is 348 g/mol. The van der Waals surface area contributed by atoms with Gasteiger partial charge in [-0.2, -0.15) is 0 Å². The van der Waals surface area contributed by atoms with E-state index in [1.54, 1.807) is 17.5 Å². The summed E-state index contributed by atoms with van der Waals surface area (Å²) in [6, 6.07) is 1.92. The highest BCUT2D eigenvalue weighted by atomic mass is 32.1. The van der Waals surface area contributed by atoms with E-state index in [4.69, 9.17) is 4.74 Å². The first-order valence-electron chi connectivity index (χ1n) is 9.25. The Morgan fingerprint density at radius 3 is 2.92 bits per heavy atom. The molecular formula is C19H26N4O2S. The first-order chi connectivity index (χ1) is 12.5. The van der Waals surface area contributed by atoms with Gasteiger partial charge in [-0.3, -0.25) is 4.79 Å². The van der Waals surface area contributed by atoms with Crippen LogP contribution in [0.25, 0.3) is 0 Å². The van der Waals surface area contributed by atoms with Crippen molar-refractivity contribution in [1.29, 1.82) is 0 Å². The van der Waals surface area contributed by atoms with Crippen LogP contribution < -0.4 is 5.32 Å². The van der Waals surface area contributed by atoms with Crippen LogP contribution in [0, 0.1) is 6.92 Å². The van der Waals surface area contributed by atoms with Crippen LogP contribution in [-0.2, 0) is 16.8 Å². The molecule has 0 aromatic carbocycles. The number of aromatic nitrogens is 2. The highest BCUT2D eigenvalue weighted by Gasteiger charge is 2.41. The van der Waals surface area contributed by atoms with Crippen molar-refractivity contribution in [3.05, 3.63) is 39.1 Å². The lowest BCUT2D eigenvalue weighted by Crippen LogP contribution is -2.44.